The number of likely N-dealkylation sites (tertiary alicyclic amines) is 1. The van der Waals surface area contributed by atoms with Gasteiger partial charge in [-0.15, -0.1) is 11.6 Å². The van der Waals surface area contributed by atoms with Crippen molar-refractivity contribution in [2.45, 2.75) is 77.9 Å². The van der Waals surface area contributed by atoms with Crippen LogP contribution in [-0.2, 0) is 16.8 Å². The van der Waals surface area contributed by atoms with Crippen LogP contribution in [0.1, 0.15) is 82.7 Å². The van der Waals surface area contributed by atoms with Crippen LogP contribution >= 0.6 is 23.2 Å². The molecule has 9 nitrogen and oxygen atoms in total. The van der Waals surface area contributed by atoms with E-state index in [0.29, 0.717) is 40.7 Å². The molecule has 0 radical (unpaired) electrons. The second kappa shape index (κ2) is 15.9. The molecule has 1 amide bonds. The Hall–Kier alpha value is -3.74. The van der Waals surface area contributed by atoms with Crippen molar-refractivity contribution in [2.24, 2.45) is 11.8 Å². The molecule has 0 spiro atoms. The van der Waals surface area contributed by atoms with Gasteiger partial charge in [-0.3, -0.25) is 0 Å². The van der Waals surface area contributed by atoms with Gasteiger partial charge in [-0.25, -0.2) is 14.8 Å². The van der Waals surface area contributed by atoms with Gasteiger partial charge in [0.2, 0.25) is 5.95 Å². The topological polar surface area (TPSA) is 101 Å². The van der Waals surface area contributed by atoms with Gasteiger partial charge in [0.1, 0.15) is 30.6 Å². The van der Waals surface area contributed by atoms with E-state index in [2.05, 4.69) is 29.8 Å². The van der Waals surface area contributed by atoms with Crippen LogP contribution in [0.3, 0.4) is 0 Å². The van der Waals surface area contributed by atoms with Crippen LogP contribution < -0.4 is 14.4 Å². The number of ether oxygens (including phenoxy) is 3. The average molecular weight is 709 g/mol. The minimum Gasteiger partial charge on any atom is -0.489 e. The predicted molar refractivity (Wildman–Crippen MR) is 193 cm³/mol. The second-order valence-electron chi connectivity index (χ2n) is 14.4. The summed E-state index contributed by atoms with van der Waals surface area (Å²) in [6.45, 7) is 13.9. The summed E-state index contributed by atoms with van der Waals surface area (Å²) in [4.78, 5) is 26.0. The summed E-state index contributed by atoms with van der Waals surface area (Å²) in [5.74, 6) is 3.43. The number of nitrogens with zero attached hydrogens (tertiary/aromatic N) is 5. The quantitative estimate of drug-likeness (QED) is 0.194. The van der Waals surface area contributed by atoms with Crippen molar-refractivity contribution >= 4 is 35.2 Å². The lowest BCUT2D eigenvalue weighted by Crippen LogP contribution is -2.44. The standard InChI is InChI=1S/C38H47Cl2N5O4/c1-37(2,3)49-36(46)45-19-13-27(14-20-45)26-11-17-44(18-12-26)35-42-16-10-31(43-35)25-48-32-8-6-29(7-9-32)38(4,5)30-22-28(24-41)34(33(40)23-30)47-21-15-39/h6-10,16,22-23,26-27H,11-15,17-21,25H2,1-5H3. The first-order valence-electron chi connectivity index (χ1n) is 17.1. The van der Waals surface area contributed by atoms with Crippen LogP contribution in [0.25, 0.3) is 0 Å². The number of alkyl halides is 1. The number of benzene rings is 2. The maximum absolute atomic E-state index is 12.5. The fourth-order valence-corrected chi connectivity index (χ4v) is 7.04. The highest BCUT2D eigenvalue weighted by atomic mass is 35.5. The Morgan fingerprint density at radius 3 is 2.20 bits per heavy atom. The number of halogens is 2. The molecule has 2 aromatic carbocycles. The minimum atomic E-state index is -0.466. The summed E-state index contributed by atoms with van der Waals surface area (Å²) >= 11 is 12.3. The van der Waals surface area contributed by atoms with Gasteiger partial charge in [0, 0.05) is 37.8 Å². The molecule has 1 aromatic heterocycles. The molecule has 2 aliphatic rings. The lowest BCUT2D eigenvalue weighted by atomic mass is 9.77. The summed E-state index contributed by atoms with van der Waals surface area (Å²) < 4.78 is 17.3. The molecule has 2 fully saturated rings. The van der Waals surface area contributed by atoms with E-state index in [-0.39, 0.29) is 12.7 Å². The molecule has 3 heterocycles. The number of hydrogen-bond donors (Lipinski definition) is 0. The van der Waals surface area contributed by atoms with Crippen molar-refractivity contribution in [2.75, 3.05) is 43.6 Å². The third kappa shape index (κ3) is 9.29. The number of nitriles is 1. The molecule has 0 saturated carbocycles. The zero-order valence-corrected chi connectivity index (χ0v) is 30.7. The molecule has 3 aromatic rings. The molecule has 0 atom stereocenters. The smallest absolute Gasteiger partial charge is 0.410 e. The molecular formula is C38H47Cl2N5O4. The van der Waals surface area contributed by atoms with Crippen LogP contribution in [-0.4, -0.2) is 65.2 Å². The molecule has 0 bridgehead atoms. The van der Waals surface area contributed by atoms with Gasteiger partial charge < -0.3 is 24.0 Å². The van der Waals surface area contributed by atoms with Gasteiger partial charge in [-0.05, 0) is 99.7 Å². The number of carbonyl (C=O) groups is 1. The van der Waals surface area contributed by atoms with Gasteiger partial charge in [-0.1, -0.05) is 37.6 Å². The number of hydrogen-bond acceptors (Lipinski definition) is 8. The number of amides is 1. The molecule has 2 aliphatic heterocycles. The van der Waals surface area contributed by atoms with Crippen molar-refractivity contribution in [1.29, 1.82) is 5.26 Å². The Morgan fingerprint density at radius 1 is 0.939 bits per heavy atom. The average Bonchev–Trinajstić information content (AvgIpc) is 3.09. The molecule has 0 N–H and O–H groups in total. The highest BCUT2D eigenvalue weighted by Gasteiger charge is 2.33. The lowest BCUT2D eigenvalue weighted by molar-refractivity contribution is 0.0152. The van der Waals surface area contributed by atoms with Gasteiger partial charge in [0.15, 0.2) is 5.75 Å². The molecule has 0 aliphatic carbocycles. The Morgan fingerprint density at radius 2 is 1.59 bits per heavy atom. The maximum Gasteiger partial charge on any atom is 0.410 e. The Kier molecular flexibility index (Phi) is 11.8. The first kappa shape index (κ1) is 36.5. The number of aromatic nitrogens is 2. The molecule has 2 saturated heterocycles. The second-order valence-corrected chi connectivity index (χ2v) is 15.2. The van der Waals surface area contributed by atoms with Crippen LogP contribution in [0.2, 0.25) is 5.02 Å². The molecule has 49 heavy (non-hydrogen) atoms. The van der Waals surface area contributed by atoms with E-state index in [1.807, 2.05) is 68.1 Å². The van der Waals surface area contributed by atoms with E-state index in [1.54, 1.807) is 6.20 Å². The zero-order chi connectivity index (χ0) is 35.2. The highest BCUT2D eigenvalue weighted by molar-refractivity contribution is 6.32. The summed E-state index contributed by atoms with van der Waals surface area (Å²) in [6, 6.07) is 15.7. The van der Waals surface area contributed by atoms with Crippen molar-refractivity contribution in [1.82, 2.24) is 14.9 Å². The van der Waals surface area contributed by atoms with Crippen LogP contribution in [0.4, 0.5) is 10.7 Å². The Labute approximate surface area is 300 Å². The predicted octanol–water partition coefficient (Wildman–Crippen LogP) is 8.39. The normalized spacial score (nSPS) is 16.3. The van der Waals surface area contributed by atoms with Crippen molar-refractivity contribution in [3.63, 3.8) is 0 Å². The minimum absolute atomic E-state index is 0.198. The van der Waals surface area contributed by atoms with E-state index >= 15 is 0 Å². The first-order valence-corrected chi connectivity index (χ1v) is 18.0. The summed E-state index contributed by atoms with van der Waals surface area (Å²) in [7, 11) is 0. The zero-order valence-electron chi connectivity index (χ0n) is 29.2. The van der Waals surface area contributed by atoms with Crippen molar-refractivity contribution < 1.29 is 19.0 Å². The van der Waals surface area contributed by atoms with E-state index in [4.69, 9.17) is 42.4 Å². The van der Waals surface area contributed by atoms with Crippen LogP contribution in [0.5, 0.6) is 11.5 Å². The van der Waals surface area contributed by atoms with E-state index < -0.39 is 11.0 Å². The molecule has 11 heteroatoms. The maximum atomic E-state index is 12.5. The Balaban J connectivity index is 1.13. The van der Waals surface area contributed by atoms with Gasteiger partial charge in [-0.2, -0.15) is 5.26 Å². The third-order valence-electron chi connectivity index (χ3n) is 9.55. The molecule has 5 rings (SSSR count). The lowest BCUT2D eigenvalue weighted by Gasteiger charge is -2.40. The fourth-order valence-electron chi connectivity index (χ4n) is 6.68. The summed E-state index contributed by atoms with van der Waals surface area (Å²) in [6.07, 6.45) is 5.86. The number of anilines is 1. The van der Waals surface area contributed by atoms with Crippen LogP contribution in [0.15, 0.2) is 48.7 Å². The highest BCUT2D eigenvalue weighted by Crippen LogP contribution is 2.39. The van der Waals surface area contributed by atoms with Crippen molar-refractivity contribution in [3.05, 3.63) is 76.1 Å². The number of piperidine rings is 2. The first-order chi connectivity index (χ1) is 23.4. The van der Waals surface area contributed by atoms with Crippen LogP contribution in [0, 0.1) is 23.2 Å². The van der Waals surface area contributed by atoms with Crippen molar-refractivity contribution in [3.8, 4) is 17.6 Å². The molecular weight excluding hydrogens is 661 g/mol. The van der Waals surface area contributed by atoms with E-state index in [0.717, 1.165) is 80.4 Å². The molecule has 262 valence electrons. The number of rotatable bonds is 10. The molecule has 0 unspecified atom stereocenters. The van der Waals surface area contributed by atoms with Gasteiger partial charge in [0.05, 0.1) is 22.2 Å². The monoisotopic (exact) mass is 707 g/mol. The van der Waals surface area contributed by atoms with E-state index in [9.17, 15) is 10.1 Å². The van der Waals surface area contributed by atoms with Gasteiger partial charge in [0.25, 0.3) is 0 Å². The summed E-state index contributed by atoms with van der Waals surface area (Å²) in [5.41, 5.74) is 2.27. The largest absolute Gasteiger partial charge is 0.489 e. The third-order valence-corrected chi connectivity index (χ3v) is 9.99. The summed E-state index contributed by atoms with van der Waals surface area (Å²) in [5, 5.41) is 10.1. The number of carbonyl (C=O) groups excluding carboxylic acids is 1. The van der Waals surface area contributed by atoms with Gasteiger partial charge >= 0.3 is 6.09 Å². The fraction of sp³-hybridized carbons (Fsp3) is 0.526. The Bertz CT molecular complexity index is 1620. The van der Waals surface area contributed by atoms with E-state index in [1.165, 1.54) is 0 Å². The SMILES string of the molecule is CC(C)(C)OC(=O)N1CCC(C2CCN(c3nccc(COc4ccc(C(C)(C)c5cc(Cl)c(OCCCl)c(C#N)c5)cc4)n3)CC2)CC1.